The molecule has 29 heavy (non-hydrogen) atoms. The van der Waals surface area contributed by atoms with Crippen LogP contribution in [0.4, 0.5) is 16.2 Å². The van der Waals surface area contributed by atoms with Crippen molar-refractivity contribution < 1.29 is 22.7 Å². The highest BCUT2D eigenvalue weighted by Crippen LogP contribution is 2.25. The van der Waals surface area contributed by atoms with Gasteiger partial charge in [-0.3, -0.25) is 4.90 Å². The first-order valence-corrected chi connectivity index (χ1v) is 11.6. The minimum Gasteiger partial charge on any atom is -0.474 e. The van der Waals surface area contributed by atoms with E-state index in [9.17, 15) is 13.2 Å². The van der Waals surface area contributed by atoms with E-state index in [1.54, 1.807) is 4.90 Å². The molecule has 0 aromatic heterocycles. The number of methoxy groups -OCH3 is 1. The normalized spacial score (nSPS) is 20.5. The molecule has 2 fully saturated rings. The number of sulfonamides is 1. The number of piperazine rings is 1. The molecule has 160 valence electrons. The highest BCUT2D eigenvalue weighted by atomic mass is 35.5. The average molecular weight is 463 g/mol. The Morgan fingerprint density at radius 1 is 1.24 bits per heavy atom. The van der Waals surface area contributed by atoms with Crippen molar-refractivity contribution in [3.05, 3.63) is 24.3 Å². The smallest absolute Gasteiger partial charge is 0.414 e. The van der Waals surface area contributed by atoms with Gasteiger partial charge in [0.2, 0.25) is 10.0 Å². The Bertz CT molecular complexity index is 844. The number of alkyl halides is 1. The number of rotatable bonds is 6. The van der Waals surface area contributed by atoms with Gasteiger partial charge >= 0.3 is 6.09 Å². The highest BCUT2D eigenvalue weighted by molar-refractivity contribution is 7.90. The number of halogens is 1. The number of anilines is 2. The molecule has 0 aliphatic carbocycles. The Morgan fingerprint density at radius 3 is 2.45 bits per heavy atom. The zero-order valence-electron chi connectivity index (χ0n) is 15.9. The van der Waals surface area contributed by atoms with Crippen molar-refractivity contribution in [2.75, 3.05) is 61.4 Å². The molecule has 9 nitrogen and oxygen atoms in total. The number of nitrogens with one attached hydrogen (secondary N) is 1. The van der Waals surface area contributed by atoms with Gasteiger partial charge in [-0.15, -0.1) is 11.6 Å². The van der Waals surface area contributed by atoms with Crippen LogP contribution in [-0.2, 0) is 19.5 Å². The lowest BCUT2D eigenvalue weighted by Gasteiger charge is -2.35. The van der Waals surface area contributed by atoms with Crippen molar-refractivity contribution in [2.24, 2.45) is 0 Å². The molecule has 1 N–H and O–H groups in total. The van der Waals surface area contributed by atoms with Gasteiger partial charge in [0.05, 0.1) is 20.2 Å². The van der Waals surface area contributed by atoms with E-state index in [2.05, 4.69) is 10.2 Å². The fraction of sp³-hybridized carbons (Fsp3) is 0.529. The first-order chi connectivity index (χ1) is 13.8. The maximum atomic E-state index is 12.2. The van der Waals surface area contributed by atoms with Gasteiger partial charge in [-0.1, -0.05) is 0 Å². The first-order valence-electron chi connectivity index (χ1n) is 9.03. The second-order valence-electron chi connectivity index (χ2n) is 6.61. The van der Waals surface area contributed by atoms with Crippen LogP contribution in [0, 0.1) is 0 Å². The number of hydrogen-bond acceptors (Lipinski definition) is 7. The van der Waals surface area contributed by atoms with Crippen LogP contribution in [0.5, 0.6) is 0 Å². The number of nitrogens with zero attached hydrogens (tertiary/aromatic N) is 3. The van der Waals surface area contributed by atoms with E-state index in [0.717, 1.165) is 11.4 Å². The predicted octanol–water partition coefficient (Wildman–Crippen LogP) is 1.18. The van der Waals surface area contributed by atoms with E-state index in [4.69, 9.17) is 33.3 Å². The van der Waals surface area contributed by atoms with Crippen LogP contribution in [0.1, 0.15) is 0 Å². The van der Waals surface area contributed by atoms with Gasteiger partial charge in [0.1, 0.15) is 11.3 Å². The number of amides is 1. The summed E-state index contributed by atoms with van der Waals surface area (Å²) in [7, 11) is -1.90. The lowest BCUT2D eigenvalue weighted by molar-refractivity contribution is 0.142. The molecular weight excluding hydrogens is 440 g/mol. The highest BCUT2D eigenvalue weighted by Gasteiger charge is 2.32. The van der Waals surface area contributed by atoms with Crippen LogP contribution in [0.25, 0.3) is 0 Å². The zero-order valence-corrected chi connectivity index (χ0v) is 18.3. The van der Waals surface area contributed by atoms with Crippen LogP contribution < -0.4 is 15.1 Å². The quantitative estimate of drug-likeness (QED) is 0.498. The minimum atomic E-state index is -3.38. The number of benzene rings is 1. The molecule has 12 heteroatoms. The predicted molar refractivity (Wildman–Crippen MR) is 115 cm³/mol. The van der Waals surface area contributed by atoms with E-state index in [1.165, 1.54) is 11.4 Å². The van der Waals surface area contributed by atoms with Gasteiger partial charge in [0.25, 0.3) is 5.17 Å². The summed E-state index contributed by atoms with van der Waals surface area (Å²) >= 11 is 10.4. The van der Waals surface area contributed by atoms with Crippen molar-refractivity contribution in [3.63, 3.8) is 0 Å². The third-order valence-electron chi connectivity index (χ3n) is 4.83. The van der Waals surface area contributed by atoms with E-state index in [-0.39, 0.29) is 11.3 Å². The SMILES string of the molecule is COC(=S)NC[C@H]1CN(c2ccc(N3CCN(S(=O)(=O)CCl)CC3)cc2)C(=O)O1. The summed E-state index contributed by atoms with van der Waals surface area (Å²) in [5, 5.41) is 2.73. The molecule has 0 radical (unpaired) electrons. The van der Waals surface area contributed by atoms with Crippen molar-refractivity contribution >= 4 is 56.5 Å². The number of ether oxygens (including phenoxy) is 2. The van der Waals surface area contributed by atoms with Crippen LogP contribution in [0.3, 0.4) is 0 Å². The third kappa shape index (κ3) is 5.21. The molecule has 2 heterocycles. The molecule has 2 aliphatic rings. The lowest BCUT2D eigenvalue weighted by Crippen LogP contribution is -2.49. The Balaban J connectivity index is 1.57. The number of hydrogen-bond donors (Lipinski definition) is 1. The second-order valence-corrected chi connectivity index (χ2v) is 9.54. The van der Waals surface area contributed by atoms with E-state index in [0.29, 0.717) is 39.3 Å². The third-order valence-corrected chi connectivity index (χ3v) is 7.40. The molecule has 3 rings (SSSR count). The molecule has 2 saturated heterocycles. The molecule has 1 aromatic rings. The summed E-state index contributed by atoms with van der Waals surface area (Å²) in [5.74, 6) is 0. The van der Waals surface area contributed by atoms with Gasteiger partial charge in [-0.25, -0.2) is 13.2 Å². The van der Waals surface area contributed by atoms with E-state index < -0.39 is 21.3 Å². The first kappa shape index (κ1) is 21.9. The molecule has 1 aromatic carbocycles. The number of carbonyl (C=O) groups is 1. The molecule has 0 spiro atoms. The fourth-order valence-corrected chi connectivity index (χ4v) is 4.60. The Hall–Kier alpha value is -1.82. The minimum absolute atomic E-state index is 0.253. The van der Waals surface area contributed by atoms with Crippen molar-refractivity contribution in [3.8, 4) is 0 Å². The van der Waals surface area contributed by atoms with Crippen LogP contribution in [0.2, 0.25) is 0 Å². The van der Waals surface area contributed by atoms with Crippen molar-refractivity contribution in [1.29, 1.82) is 0 Å². The van der Waals surface area contributed by atoms with Crippen molar-refractivity contribution in [2.45, 2.75) is 6.10 Å². The van der Waals surface area contributed by atoms with Crippen LogP contribution in [-0.4, -0.2) is 81.7 Å². The largest absolute Gasteiger partial charge is 0.474 e. The molecule has 1 atom stereocenters. The van der Waals surface area contributed by atoms with Gasteiger partial charge in [-0.05, 0) is 36.5 Å². The zero-order chi connectivity index (χ0) is 21.0. The maximum Gasteiger partial charge on any atom is 0.414 e. The maximum absolute atomic E-state index is 12.2. The average Bonchev–Trinajstić information content (AvgIpc) is 3.12. The molecule has 2 aliphatic heterocycles. The topological polar surface area (TPSA) is 91.4 Å². The van der Waals surface area contributed by atoms with Gasteiger partial charge < -0.3 is 19.7 Å². The van der Waals surface area contributed by atoms with E-state index in [1.807, 2.05) is 24.3 Å². The lowest BCUT2D eigenvalue weighted by atomic mass is 10.2. The Kier molecular flexibility index (Phi) is 7.04. The summed E-state index contributed by atoms with van der Waals surface area (Å²) in [5.41, 5.74) is 1.70. The number of thiocarbonyl (C=S) groups is 1. The standard InChI is InChI=1S/C17H23ClN4O5S2/c1-26-16(28)19-10-15-11-22(17(23)27-15)14-4-2-13(3-5-14)20-6-8-21(9-7-20)29(24,25)12-18/h2-5,15H,6-12H2,1H3,(H,19,28)/t15-/m0/s1. The molecule has 0 bridgehead atoms. The summed E-state index contributed by atoms with van der Waals surface area (Å²) in [6.45, 7) is 2.73. The summed E-state index contributed by atoms with van der Waals surface area (Å²) < 4.78 is 35.3. The fourth-order valence-electron chi connectivity index (χ4n) is 3.24. The number of carbonyl (C=O) groups excluding carboxylic acids is 1. The molecule has 0 unspecified atom stereocenters. The monoisotopic (exact) mass is 462 g/mol. The Labute approximate surface area is 180 Å². The molecule has 0 saturated carbocycles. The van der Waals surface area contributed by atoms with Gasteiger partial charge in [0.15, 0.2) is 0 Å². The molecular formula is C17H23ClN4O5S2. The van der Waals surface area contributed by atoms with Gasteiger partial charge in [-0.2, -0.15) is 4.31 Å². The summed E-state index contributed by atoms with van der Waals surface area (Å²) in [4.78, 5) is 15.8. The van der Waals surface area contributed by atoms with Crippen LogP contribution >= 0.6 is 23.8 Å². The molecule has 1 amide bonds. The number of cyclic esters (lactones) is 1. The Morgan fingerprint density at radius 2 is 1.86 bits per heavy atom. The second kappa shape index (κ2) is 9.33. The summed E-state index contributed by atoms with van der Waals surface area (Å²) in [6, 6.07) is 7.54. The van der Waals surface area contributed by atoms with E-state index >= 15 is 0 Å². The van der Waals surface area contributed by atoms with Crippen LogP contribution in [0.15, 0.2) is 24.3 Å². The van der Waals surface area contributed by atoms with Crippen molar-refractivity contribution in [1.82, 2.24) is 9.62 Å². The van der Waals surface area contributed by atoms with Gasteiger partial charge in [0, 0.05) is 37.6 Å². The summed E-state index contributed by atoms with van der Waals surface area (Å²) in [6.07, 6.45) is -0.736.